The predicted molar refractivity (Wildman–Crippen MR) is 68.0 cm³/mol. The van der Waals surface area contributed by atoms with Crippen LogP contribution < -0.4 is 16.0 Å². The first-order chi connectivity index (χ1) is 8.90. The standard InChI is InChI=1S/C13H16N4O/c14-17-11(13-15-6-7-16-13)10-5-1-3-9-4-2-8-18-12(9)10/h1,3,5-7,11,17H,2,4,8,14H2,(H,15,16). The number of nitrogens with zero attached hydrogens (tertiary/aromatic N) is 1. The Balaban J connectivity index is 2.05. The summed E-state index contributed by atoms with van der Waals surface area (Å²) in [6.07, 6.45) is 5.63. The van der Waals surface area contributed by atoms with Crippen LogP contribution in [0.15, 0.2) is 30.6 Å². The molecule has 5 heteroatoms. The van der Waals surface area contributed by atoms with E-state index in [0.29, 0.717) is 0 Å². The van der Waals surface area contributed by atoms with E-state index in [9.17, 15) is 0 Å². The highest BCUT2D eigenvalue weighted by atomic mass is 16.5. The van der Waals surface area contributed by atoms with E-state index in [1.807, 2.05) is 12.1 Å². The molecule has 1 unspecified atom stereocenters. The molecule has 1 atom stereocenters. The summed E-state index contributed by atoms with van der Waals surface area (Å²) < 4.78 is 5.80. The van der Waals surface area contributed by atoms with Gasteiger partial charge in [0.25, 0.3) is 0 Å². The lowest BCUT2D eigenvalue weighted by atomic mass is 9.98. The van der Waals surface area contributed by atoms with Crippen LogP contribution in [0.5, 0.6) is 5.75 Å². The number of rotatable bonds is 3. The van der Waals surface area contributed by atoms with Gasteiger partial charge in [-0.15, -0.1) is 0 Å². The zero-order chi connectivity index (χ0) is 12.4. The molecule has 0 bridgehead atoms. The maximum Gasteiger partial charge on any atom is 0.129 e. The number of imidazole rings is 1. The minimum Gasteiger partial charge on any atom is -0.493 e. The second kappa shape index (κ2) is 4.80. The fraction of sp³-hybridized carbons (Fsp3) is 0.308. The number of aromatic amines is 1. The van der Waals surface area contributed by atoms with Crippen molar-refractivity contribution < 1.29 is 4.74 Å². The number of hydrogen-bond acceptors (Lipinski definition) is 4. The number of ether oxygens (including phenoxy) is 1. The van der Waals surface area contributed by atoms with Gasteiger partial charge in [-0.1, -0.05) is 18.2 Å². The Kier molecular flexibility index (Phi) is 3.00. The number of aromatic nitrogens is 2. The van der Waals surface area contributed by atoms with E-state index in [-0.39, 0.29) is 6.04 Å². The number of hydrazine groups is 1. The van der Waals surface area contributed by atoms with Gasteiger partial charge in [-0.3, -0.25) is 5.84 Å². The van der Waals surface area contributed by atoms with Crippen molar-refractivity contribution in [1.29, 1.82) is 0 Å². The molecule has 2 heterocycles. The summed E-state index contributed by atoms with van der Waals surface area (Å²) in [6.45, 7) is 0.763. The maximum absolute atomic E-state index is 5.80. The van der Waals surface area contributed by atoms with Crippen molar-refractivity contribution in [2.75, 3.05) is 6.61 Å². The fourth-order valence-electron chi connectivity index (χ4n) is 2.39. The molecule has 3 rings (SSSR count). The average molecular weight is 244 g/mol. The summed E-state index contributed by atoms with van der Waals surface area (Å²) in [4.78, 5) is 7.34. The third-order valence-electron chi connectivity index (χ3n) is 3.23. The molecule has 0 saturated carbocycles. The quantitative estimate of drug-likeness (QED) is 0.561. The summed E-state index contributed by atoms with van der Waals surface area (Å²) in [5.74, 6) is 7.40. The highest BCUT2D eigenvalue weighted by Gasteiger charge is 2.22. The summed E-state index contributed by atoms with van der Waals surface area (Å²) in [6, 6.07) is 5.99. The van der Waals surface area contributed by atoms with Crippen LogP contribution in [0.1, 0.15) is 29.4 Å². The number of fused-ring (bicyclic) bond motifs is 1. The largest absolute Gasteiger partial charge is 0.493 e. The molecular weight excluding hydrogens is 228 g/mol. The van der Waals surface area contributed by atoms with Crippen LogP contribution in [-0.4, -0.2) is 16.6 Å². The molecule has 18 heavy (non-hydrogen) atoms. The molecule has 5 nitrogen and oxygen atoms in total. The first-order valence-corrected chi connectivity index (χ1v) is 6.10. The van der Waals surface area contributed by atoms with E-state index >= 15 is 0 Å². The van der Waals surface area contributed by atoms with Gasteiger partial charge < -0.3 is 9.72 Å². The molecule has 0 spiro atoms. The van der Waals surface area contributed by atoms with Crippen LogP contribution in [0.2, 0.25) is 0 Å². The smallest absolute Gasteiger partial charge is 0.129 e. The number of nitrogens with one attached hydrogen (secondary N) is 2. The van der Waals surface area contributed by atoms with Gasteiger partial charge in [-0.25, -0.2) is 10.4 Å². The molecule has 4 N–H and O–H groups in total. The van der Waals surface area contributed by atoms with E-state index < -0.39 is 0 Å². The molecule has 94 valence electrons. The van der Waals surface area contributed by atoms with Crippen LogP contribution in [0, 0.1) is 0 Å². The van der Waals surface area contributed by atoms with Crippen molar-refractivity contribution in [1.82, 2.24) is 15.4 Å². The second-order valence-electron chi connectivity index (χ2n) is 4.36. The predicted octanol–water partition coefficient (Wildman–Crippen LogP) is 1.29. The highest BCUT2D eigenvalue weighted by Crippen LogP contribution is 2.34. The fourth-order valence-corrected chi connectivity index (χ4v) is 2.39. The van der Waals surface area contributed by atoms with E-state index in [0.717, 1.165) is 36.6 Å². The van der Waals surface area contributed by atoms with Gasteiger partial charge in [-0.05, 0) is 18.4 Å². The van der Waals surface area contributed by atoms with Crippen molar-refractivity contribution in [2.45, 2.75) is 18.9 Å². The van der Waals surface area contributed by atoms with E-state index in [2.05, 4.69) is 21.5 Å². The van der Waals surface area contributed by atoms with Gasteiger partial charge >= 0.3 is 0 Å². The number of H-pyrrole nitrogens is 1. The van der Waals surface area contributed by atoms with Crippen molar-refractivity contribution in [2.24, 2.45) is 5.84 Å². The number of aryl methyl sites for hydroxylation is 1. The maximum atomic E-state index is 5.80. The Morgan fingerprint density at radius 2 is 2.39 bits per heavy atom. The Morgan fingerprint density at radius 3 is 3.17 bits per heavy atom. The molecule has 0 aliphatic carbocycles. The third-order valence-corrected chi connectivity index (χ3v) is 3.23. The van der Waals surface area contributed by atoms with Crippen molar-refractivity contribution in [3.63, 3.8) is 0 Å². The topological polar surface area (TPSA) is 76.0 Å². The summed E-state index contributed by atoms with van der Waals surface area (Å²) in [5.41, 5.74) is 5.07. The third kappa shape index (κ3) is 1.87. The molecule has 2 aromatic rings. The van der Waals surface area contributed by atoms with Gasteiger partial charge in [0, 0.05) is 18.0 Å². The van der Waals surface area contributed by atoms with Gasteiger partial charge in [0.05, 0.1) is 6.61 Å². The van der Waals surface area contributed by atoms with Crippen LogP contribution in [0.4, 0.5) is 0 Å². The average Bonchev–Trinajstić information content (AvgIpc) is 2.94. The van der Waals surface area contributed by atoms with Gasteiger partial charge in [0.1, 0.15) is 17.6 Å². The van der Waals surface area contributed by atoms with Crippen LogP contribution in [0.3, 0.4) is 0 Å². The molecule has 1 aliphatic rings. The Labute approximate surface area is 105 Å². The van der Waals surface area contributed by atoms with E-state index in [4.69, 9.17) is 10.6 Å². The van der Waals surface area contributed by atoms with E-state index in [1.165, 1.54) is 5.56 Å². The molecule has 0 amide bonds. The first-order valence-electron chi connectivity index (χ1n) is 6.10. The molecular formula is C13H16N4O. The molecule has 0 fully saturated rings. The molecule has 0 saturated heterocycles. The van der Waals surface area contributed by atoms with Crippen molar-refractivity contribution >= 4 is 0 Å². The molecule has 1 aliphatic heterocycles. The number of nitrogens with two attached hydrogens (primary N) is 1. The number of hydrogen-bond donors (Lipinski definition) is 3. The Bertz CT molecular complexity index is 524. The summed E-state index contributed by atoms with van der Waals surface area (Å²) in [7, 11) is 0. The Morgan fingerprint density at radius 1 is 1.44 bits per heavy atom. The highest BCUT2D eigenvalue weighted by molar-refractivity contribution is 5.46. The van der Waals surface area contributed by atoms with Crippen LogP contribution in [-0.2, 0) is 6.42 Å². The monoisotopic (exact) mass is 244 g/mol. The first kappa shape index (κ1) is 11.3. The van der Waals surface area contributed by atoms with Crippen LogP contribution in [0.25, 0.3) is 0 Å². The van der Waals surface area contributed by atoms with Crippen molar-refractivity contribution in [3.05, 3.63) is 47.5 Å². The number of benzene rings is 1. The zero-order valence-corrected chi connectivity index (χ0v) is 10.0. The molecule has 0 radical (unpaired) electrons. The SMILES string of the molecule is NNC(c1ncc[nH]1)c1cccc2c1OCCC2. The van der Waals surface area contributed by atoms with Crippen LogP contribution >= 0.6 is 0 Å². The lowest BCUT2D eigenvalue weighted by Crippen LogP contribution is -2.30. The molecule has 1 aromatic carbocycles. The van der Waals surface area contributed by atoms with Crippen molar-refractivity contribution in [3.8, 4) is 5.75 Å². The summed E-state index contributed by atoms with van der Waals surface area (Å²) >= 11 is 0. The van der Waals surface area contributed by atoms with E-state index in [1.54, 1.807) is 12.4 Å². The Hall–Kier alpha value is -1.85. The minimum atomic E-state index is -0.173. The lowest BCUT2D eigenvalue weighted by Gasteiger charge is -2.23. The lowest BCUT2D eigenvalue weighted by molar-refractivity contribution is 0.282. The minimum absolute atomic E-state index is 0.173. The zero-order valence-electron chi connectivity index (χ0n) is 10.0. The van der Waals surface area contributed by atoms with Gasteiger partial charge in [0.15, 0.2) is 0 Å². The van der Waals surface area contributed by atoms with Gasteiger partial charge in [0.2, 0.25) is 0 Å². The second-order valence-corrected chi connectivity index (χ2v) is 4.36. The van der Waals surface area contributed by atoms with Gasteiger partial charge in [-0.2, -0.15) is 0 Å². The number of para-hydroxylation sites is 1. The summed E-state index contributed by atoms with van der Waals surface area (Å²) in [5, 5.41) is 0. The normalized spacial score (nSPS) is 15.8. The molecule has 1 aromatic heterocycles.